The highest BCUT2D eigenvalue weighted by molar-refractivity contribution is 7.17. The molecule has 1 fully saturated rings. The van der Waals surface area contributed by atoms with Crippen LogP contribution >= 0.6 is 9.24 Å². The van der Waals surface area contributed by atoms with Crippen molar-refractivity contribution in [3.05, 3.63) is 0 Å². The second kappa shape index (κ2) is 5.50. The number of hydrogen-bond acceptors (Lipinski definition) is 0. The predicted octanol–water partition coefficient (Wildman–Crippen LogP) is 4.35. The van der Waals surface area contributed by atoms with Gasteiger partial charge in [0.05, 0.1) is 0 Å². The van der Waals surface area contributed by atoms with Crippen molar-refractivity contribution in [1.82, 2.24) is 0 Å². The maximum atomic E-state index is 3.05. The molecule has 1 aliphatic rings. The summed E-state index contributed by atoms with van der Waals surface area (Å²) in [4.78, 5) is 0. The number of rotatable bonds is 4. The standard InChI is InChI=1S/C13H27P/c1-5-9(2)6-7-12-10(3)8-13(14)11(12)4/h9-13H,5-8,14H2,1-4H3. The molecular weight excluding hydrogens is 187 g/mol. The van der Waals surface area contributed by atoms with Gasteiger partial charge in [0.25, 0.3) is 0 Å². The zero-order valence-corrected chi connectivity index (χ0v) is 11.4. The van der Waals surface area contributed by atoms with Crippen LogP contribution in [0.3, 0.4) is 0 Å². The van der Waals surface area contributed by atoms with Crippen molar-refractivity contribution in [2.75, 3.05) is 0 Å². The third-order valence-corrected chi connectivity index (χ3v) is 5.29. The Kier molecular flexibility index (Phi) is 4.91. The van der Waals surface area contributed by atoms with Crippen LogP contribution in [-0.2, 0) is 0 Å². The van der Waals surface area contributed by atoms with E-state index in [4.69, 9.17) is 0 Å². The topological polar surface area (TPSA) is 0 Å². The highest BCUT2D eigenvalue weighted by atomic mass is 31.0. The van der Waals surface area contributed by atoms with E-state index in [1.165, 1.54) is 25.7 Å². The van der Waals surface area contributed by atoms with Gasteiger partial charge >= 0.3 is 0 Å². The molecule has 0 amide bonds. The lowest BCUT2D eigenvalue weighted by atomic mass is 9.85. The molecule has 1 aliphatic carbocycles. The first-order valence-corrected chi connectivity index (χ1v) is 6.98. The molecule has 0 heterocycles. The third-order valence-electron chi connectivity index (χ3n) is 4.42. The van der Waals surface area contributed by atoms with Crippen molar-refractivity contribution in [2.45, 2.75) is 59.0 Å². The van der Waals surface area contributed by atoms with Crippen LogP contribution in [0.25, 0.3) is 0 Å². The molecule has 0 bridgehead atoms. The Bertz CT molecular complexity index is 167. The summed E-state index contributed by atoms with van der Waals surface area (Å²) in [5.41, 5.74) is 0.881. The van der Waals surface area contributed by atoms with Crippen molar-refractivity contribution in [3.8, 4) is 0 Å². The van der Waals surface area contributed by atoms with Gasteiger partial charge in [0, 0.05) is 0 Å². The molecule has 0 aromatic heterocycles. The first kappa shape index (κ1) is 12.5. The Hall–Kier alpha value is 0.430. The number of hydrogen-bond donors (Lipinski definition) is 0. The molecule has 0 radical (unpaired) electrons. The van der Waals surface area contributed by atoms with Crippen molar-refractivity contribution < 1.29 is 0 Å². The van der Waals surface area contributed by atoms with Crippen molar-refractivity contribution >= 4 is 9.24 Å². The minimum atomic E-state index is 0.881. The van der Waals surface area contributed by atoms with Gasteiger partial charge in [-0.15, -0.1) is 9.24 Å². The maximum absolute atomic E-state index is 3.05. The average Bonchev–Trinajstić information content (AvgIpc) is 2.39. The molecule has 14 heavy (non-hydrogen) atoms. The van der Waals surface area contributed by atoms with Crippen molar-refractivity contribution in [2.24, 2.45) is 23.7 Å². The molecule has 6 unspecified atom stereocenters. The van der Waals surface area contributed by atoms with E-state index in [1.54, 1.807) is 0 Å². The smallest absolute Gasteiger partial charge is 0.0233 e. The Labute approximate surface area is 92.4 Å². The second-order valence-corrected chi connectivity index (χ2v) is 6.35. The quantitative estimate of drug-likeness (QED) is 0.610. The van der Waals surface area contributed by atoms with E-state index in [-0.39, 0.29) is 0 Å². The molecule has 0 aromatic carbocycles. The fourth-order valence-corrected chi connectivity index (χ4v) is 3.60. The minimum Gasteiger partial charge on any atom is -0.134 e. The Morgan fingerprint density at radius 1 is 1.36 bits per heavy atom. The molecule has 0 N–H and O–H groups in total. The molecular formula is C13H27P. The molecule has 6 atom stereocenters. The zero-order valence-electron chi connectivity index (χ0n) is 10.3. The van der Waals surface area contributed by atoms with Crippen LogP contribution in [0.5, 0.6) is 0 Å². The van der Waals surface area contributed by atoms with Crippen molar-refractivity contribution in [3.63, 3.8) is 0 Å². The molecule has 84 valence electrons. The molecule has 1 rings (SSSR count). The van der Waals surface area contributed by atoms with Gasteiger partial charge in [0.1, 0.15) is 0 Å². The van der Waals surface area contributed by atoms with Crippen LogP contribution in [-0.4, -0.2) is 5.66 Å². The lowest BCUT2D eigenvalue weighted by molar-refractivity contribution is 0.294. The fourth-order valence-electron chi connectivity index (χ4n) is 2.88. The monoisotopic (exact) mass is 214 g/mol. The average molecular weight is 214 g/mol. The third kappa shape index (κ3) is 2.96. The fraction of sp³-hybridized carbons (Fsp3) is 1.00. The first-order valence-electron chi connectivity index (χ1n) is 6.31. The molecule has 0 spiro atoms. The summed E-state index contributed by atoms with van der Waals surface area (Å²) in [5.74, 6) is 3.81. The van der Waals surface area contributed by atoms with Crippen molar-refractivity contribution in [1.29, 1.82) is 0 Å². The van der Waals surface area contributed by atoms with Gasteiger partial charge in [-0.3, -0.25) is 0 Å². The van der Waals surface area contributed by atoms with E-state index in [9.17, 15) is 0 Å². The summed E-state index contributed by atoms with van der Waals surface area (Å²) in [5, 5.41) is 0. The summed E-state index contributed by atoms with van der Waals surface area (Å²) in [6.07, 6.45) is 5.67. The zero-order chi connectivity index (χ0) is 10.7. The molecule has 1 heteroatoms. The normalized spacial score (nSPS) is 40.1. The second-order valence-electron chi connectivity index (χ2n) is 5.49. The van der Waals surface area contributed by atoms with Crippen LogP contribution in [0.2, 0.25) is 0 Å². The molecule has 0 aromatic rings. The van der Waals surface area contributed by atoms with Crippen LogP contribution in [0.15, 0.2) is 0 Å². The minimum absolute atomic E-state index is 0.881. The van der Waals surface area contributed by atoms with Gasteiger partial charge < -0.3 is 0 Å². The van der Waals surface area contributed by atoms with Crippen LogP contribution in [0, 0.1) is 23.7 Å². The summed E-state index contributed by atoms with van der Waals surface area (Å²) < 4.78 is 0. The predicted molar refractivity (Wildman–Crippen MR) is 68.6 cm³/mol. The van der Waals surface area contributed by atoms with Crippen LogP contribution in [0.1, 0.15) is 53.4 Å². The Morgan fingerprint density at radius 2 is 2.00 bits per heavy atom. The van der Waals surface area contributed by atoms with Gasteiger partial charge in [-0.2, -0.15) is 0 Å². The SMILES string of the molecule is CCC(C)CCC1C(C)CC(P)C1C. The van der Waals surface area contributed by atoms with Gasteiger partial charge in [0.15, 0.2) is 0 Å². The maximum Gasteiger partial charge on any atom is -0.0233 e. The van der Waals surface area contributed by atoms with Gasteiger partial charge in [-0.25, -0.2) is 0 Å². The summed E-state index contributed by atoms with van der Waals surface area (Å²) in [6, 6.07) is 0. The molecule has 1 saturated carbocycles. The highest BCUT2D eigenvalue weighted by Gasteiger charge is 2.35. The molecule has 0 saturated heterocycles. The van der Waals surface area contributed by atoms with Crippen LogP contribution in [0.4, 0.5) is 0 Å². The summed E-state index contributed by atoms with van der Waals surface area (Å²) in [6.45, 7) is 9.59. The van der Waals surface area contributed by atoms with E-state index < -0.39 is 0 Å². The van der Waals surface area contributed by atoms with E-state index in [1.807, 2.05) is 0 Å². The van der Waals surface area contributed by atoms with E-state index >= 15 is 0 Å². The Balaban J connectivity index is 2.36. The van der Waals surface area contributed by atoms with Gasteiger partial charge in [0.2, 0.25) is 0 Å². The highest BCUT2D eigenvalue weighted by Crippen LogP contribution is 2.43. The lowest BCUT2D eigenvalue weighted by Crippen LogP contribution is -2.14. The van der Waals surface area contributed by atoms with Gasteiger partial charge in [-0.05, 0) is 42.2 Å². The Morgan fingerprint density at radius 3 is 2.43 bits per heavy atom. The summed E-state index contributed by atoms with van der Waals surface area (Å²) >= 11 is 0. The lowest BCUT2D eigenvalue weighted by Gasteiger charge is -2.22. The van der Waals surface area contributed by atoms with Gasteiger partial charge in [-0.1, -0.05) is 40.5 Å². The first-order chi connectivity index (χ1) is 6.56. The summed E-state index contributed by atoms with van der Waals surface area (Å²) in [7, 11) is 3.05. The van der Waals surface area contributed by atoms with E-state index in [0.717, 1.165) is 29.3 Å². The largest absolute Gasteiger partial charge is 0.134 e. The molecule has 0 nitrogen and oxygen atoms in total. The van der Waals surface area contributed by atoms with E-state index in [0.29, 0.717) is 0 Å². The van der Waals surface area contributed by atoms with E-state index in [2.05, 4.69) is 36.9 Å². The van der Waals surface area contributed by atoms with Crippen LogP contribution < -0.4 is 0 Å². The molecule has 0 aliphatic heterocycles.